The monoisotopic (exact) mass is 354 g/mol. The van der Waals surface area contributed by atoms with Crippen LogP contribution >= 0.6 is 22.6 Å². The van der Waals surface area contributed by atoms with Crippen LogP contribution in [0.3, 0.4) is 0 Å². The van der Waals surface area contributed by atoms with Gasteiger partial charge in [-0.1, -0.05) is 6.07 Å². The van der Waals surface area contributed by atoms with E-state index < -0.39 is 0 Å². The lowest BCUT2D eigenvalue weighted by Crippen LogP contribution is -2.15. The summed E-state index contributed by atoms with van der Waals surface area (Å²) < 4.78 is 3.06. The normalized spacial score (nSPS) is 14.9. The number of hydrogen-bond acceptors (Lipinski definition) is 3. The Kier molecular flexibility index (Phi) is 3.60. The van der Waals surface area contributed by atoms with E-state index >= 15 is 0 Å². The summed E-state index contributed by atoms with van der Waals surface area (Å²) in [5.41, 5.74) is 2.30. The van der Waals surface area contributed by atoms with Gasteiger partial charge >= 0.3 is 0 Å². The van der Waals surface area contributed by atoms with Gasteiger partial charge in [0.1, 0.15) is 0 Å². The fourth-order valence-electron chi connectivity index (χ4n) is 1.79. The van der Waals surface area contributed by atoms with Crippen molar-refractivity contribution in [1.29, 1.82) is 0 Å². The number of halogens is 1. The molecule has 4 nitrogen and oxygen atoms in total. The highest BCUT2D eigenvalue weighted by molar-refractivity contribution is 14.1. The van der Waals surface area contributed by atoms with E-state index in [2.05, 4.69) is 50.1 Å². The second kappa shape index (κ2) is 5.36. The topological polar surface area (TPSA) is 42.7 Å². The molecule has 0 atom stereocenters. The van der Waals surface area contributed by atoms with Crippen LogP contribution in [0.5, 0.6) is 0 Å². The largest absolute Gasteiger partial charge is 0.310 e. The Labute approximate surface area is 120 Å². The Hall–Kier alpha value is -0.950. The number of hydrogen-bond donors (Lipinski definition) is 1. The van der Waals surface area contributed by atoms with Crippen LogP contribution in [-0.2, 0) is 13.1 Å². The van der Waals surface area contributed by atoms with Crippen molar-refractivity contribution in [1.82, 2.24) is 20.1 Å². The third-order valence-electron chi connectivity index (χ3n) is 2.98. The highest BCUT2D eigenvalue weighted by atomic mass is 127. The van der Waals surface area contributed by atoms with Crippen molar-refractivity contribution in [3.8, 4) is 0 Å². The van der Waals surface area contributed by atoms with Gasteiger partial charge in [-0.25, -0.2) is 0 Å². The molecule has 0 bridgehead atoms. The molecule has 5 heteroatoms. The average Bonchev–Trinajstić information content (AvgIpc) is 3.12. The Morgan fingerprint density at radius 1 is 1.33 bits per heavy atom. The summed E-state index contributed by atoms with van der Waals surface area (Å²) in [4.78, 5) is 4.48. The molecule has 2 aromatic rings. The predicted molar refractivity (Wildman–Crippen MR) is 78.1 cm³/mol. The van der Waals surface area contributed by atoms with Crippen LogP contribution in [0.1, 0.15) is 24.1 Å². The first kappa shape index (κ1) is 12.1. The summed E-state index contributed by atoms with van der Waals surface area (Å²) in [5.74, 6) is 0. The van der Waals surface area contributed by atoms with Crippen molar-refractivity contribution in [3.63, 3.8) is 0 Å². The van der Waals surface area contributed by atoms with Crippen LogP contribution in [0.2, 0.25) is 0 Å². The second-order valence-corrected chi connectivity index (χ2v) is 5.91. The standard InChI is InChI=1S/C13H15IN4/c14-11-7-17-18(8-11)9-13-2-1-10(6-16-13)5-15-12-3-4-12/h1-2,6-8,12,15H,3-5,9H2. The van der Waals surface area contributed by atoms with Crippen LogP contribution in [0.15, 0.2) is 30.7 Å². The van der Waals surface area contributed by atoms with Crippen molar-refractivity contribution in [2.24, 2.45) is 0 Å². The maximum atomic E-state index is 4.48. The SMILES string of the molecule is Ic1cnn(Cc2ccc(CNC3CC3)cn2)c1. The summed E-state index contributed by atoms with van der Waals surface area (Å²) in [6.07, 6.45) is 8.48. The van der Waals surface area contributed by atoms with Gasteiger partial charge in [0.15, 0.2) is 0 Å². The molecular weight excluding hydrogens is 339 g/mol. The minimum Gasteiger partial charge on any atom is -0.310 e. The Morgan fingerprint density at radius 3 is 2.83 bits per heavy atom. The van der Waals surface area contributed by atoms with E-state index in [9.17, 15) is 0 Å². The van der Waals surface area contributed by atoms with Crippen LogP contribution in [0.25, 0.3) is 0 Å². The van der Waals surface area contributed by atoms with Crippen LogP contribution < -0.4 is 5.32 Å². The second-order valence-electron chi connectivity index (χ2n) is 4.67. The Balaban J connectivity index is 1.59. The van der Waals surface area contributed by atoms with E-state index in [1.807, 2.05) is 23.3 Å². The van der Waals surface area contributed by atoms with Gasteiger partial charge in [-0.05, 0) is 47.1 Å². The number of aromatic nitrogens is 3. The molecule has 0 spiro atoms. The van der Waals surface area contributed by atoms with Gasteiger partial charge in [0.2, 0.25) is 0 Å². The first-order valence-corrected chi connectivity index (χ1v) is 7.22. The van der Waals surface area contributed by atoms with Crippen molar-refractivity contribution < 1.29 is 0 Å². The fourth-order valence-corrected chi connectivity index (χ4v) is 2.24. The summed E-state index contributed by atoms with van der Waals surface area (Å²) >= 11 is 2.26. The van der Waals surface area contributed by atoms with Gasteiger partial charge in [-0.15, -0.1) is 0 Å². The van der Waals surface area contributed by atoms with Crippen LogP contribution in [-0.4, -0.2) is 20.8 Å². The highest BCUT2D eigenvalue weighted by Gasteiger charge is 2.19. The highest BCUT2D eigenvalue weighted by Crippen LogP contribution is 2.19. The average molecular weight is 354 g/mol. The molecule has 0 aliphatic heterocycles. The van der Waals surface area contributed by atoms with E-state index in [4.69, 9.17) is 0 Å². The van der Waals surface area contributed by atoms with E-state index in [0.29, 0.717) is 0 Å². The maximum absolute atomic E-state index is 4.48. The molecule has 1 N–H and O–H groups in total. The fraction of sp³-hybridized carbons (Fsp3) is 0.385. The van der Waals surface area contributed by atoms with Crippen molar-refractivity contribution in [3.05, 3.63) is 45.6 Å². The molecule has 18 heavy (non-hydrogen) atoms. The zero-order chi connectivity index (χ0) is 12.4. The minimum atomic E-state index is 0.735. The van der Waals surface area contributed by atoms with Gasteiger partial charge in [0, 0.05) is 25.0 Å². The van der Waals surface area contributed by atoms with Gasteiger partial charge in [-0.3, -0.25) is 9.67 Å². The van der Waals surface area contributed by atoms with Gasteiger partial charge in [0.25, 0.3) is 0 Å². The van der Waals surface area contributed by atoms with E-state index in [0.717, 1.165) is 28.4 Å². The molecule has 0 unspecified atom stereocenters. The molecule has 1 aliphatic rings. The molecule has 1 saturated carbocycles. The van der Waals surface area contributed by atoms with Crippen LogP contribution in [0.4, 0.5) is 0 Å². The minimum absolute atomic E-state index is 0.735. The van der Waals surface area contributed by atoms with E-state index in [1.54, 1.807) is 0 Å². The molecule has 2 heterocycles. The summed E-state index contributed by atoms with van der Waals surface area (Å²) in [6.45, 7) is 1.66. The quantitative estimate of drug-likeness (QED) is 0.837. The molecule has 1 aliphatic carbocycles. The van der Waals surface area contributed by atoms with Gasteiger partial charge in [-0.2, -0.15) is 5.10 Å². The molecular formula is C13H15IN4. The number of nitrogens with one attached hydrogen (secondary N) is 1. The molecule has 2 aromatic heterocycles. The Bertz CT molecular complexity index is 516. The molecule has 94 valence electrons. The summed E-state index contributed by atoms with van der Waals surface area (Å²) in [7, 11) is 0. The molecule has 0 saturated heterocycles. The summed E-state index contributed by atoms with van der Waals surface area (Å²) in [6, 6.07) is 4.97. The van der Waals surface area contributed by atoms with Crippen molar-refractivity contribution in [2.45, 2.75) is 32.0 Å². The summed E-state index contributed by atoms with van der Waals surface area (Å²) in [5, 5.41) is 7.74. The lowest BCUT2D eigenvalue weighted by atomic mass is 10.2. The smallest absolute Gasteiger partial charge is 0.0831 e. The third kappa shape index (κ3) is 3.29. The van der Waals surface area contributed by atoms with Crippen molar-refractivity contribution in [2.75, 3.05) is 0 Å². The van der Waals surface area contributed by atoms with Gasteiger partial charge < -0.3 is 5.32 Å². The van der Waals surface area contributed by atoms with E-state index in [1.165, 1.54) is 18.4 Å². The van der Waals surface area contributed by atoms with Gasteiger partial charge in [0.05, 0.1) is 22.0 Å². The lowest BCUT2D eigenvalue weighted by molar-refractivity contribution is 0.665. The van der Waals surface area contributed by atoms with E-state index in [-0.39, 0.29) is 0 Å². The molecule has 0 radical (unpaired) electrons. The molecule has 3 rings (SSSR count). The Morgan fingerprint density at radius 2 is 2.22 bits per heavy atom. The lowest BCUT2D eigenvalue weighted by Gasteiger charge is -2.04. The zero-order valence-corrected chi connectivity index (χ0v) is 12.2. The zero-order valence-electron chi connectivity index (χ0n) is 10.0. The first-order chi connectivity index (χ1) is 8.79. The third-order valence-corrected chi connectivity index (χ3v) is 3.54. The number of rotatable bonds is 5. The molecule has 0 amide bonds. The predicted octanol–water partition coefficient (Wildman–Crippen LogP) is 2.18. The first-order valence-electron chi connectivity index (χ1n) is 6.15. The number of pyridine rings is 1. The van der Waals surface area contributed by atoms with Crippen LogP contribution in [0, 0.1) is 3.57 Å². The number of nitrogens with zero attached hydrogens (tertiary/aromatic N) is 3. The molecule has 1 fully saturated rings. The molecule has 0 aromatic carbocycles. The maximum Gasteiger partial charge on any atom is 0.0831 e. The van der Waals surface area contributed by atoms with Crippen molar-refractivity contribution >= 4 is 22.6 Å².